The van der Waals surface area contributed by atoms with E-state index in [1.165, 1.54) is 16.7 Å². The molecule has 3 heteroatoms. The second kappa shape index (κ2) is 5.85. The number of pyridine rings is 1. The molecule has 2 heterocycles. The van der Waals surface area contributed by atoms with Crippen LogP contribution in [0, 0.1) is 11.3 Å². The first-order valence-corrected chi connectivity index (χ1v) is 9.43. The van der Waals surface area contributed by atoms with Crippen LogP contribution in [0.5, 0.6) is 0 Å². The zero-order valence-corrected chi connectivity index (χ0v) is 16.6. The number of hydrogen-bond donors (Lipinski definition) is 2. The summed E-state index contributed by atoms with van der Waals surface area (Å²) >= 11 is 0. The highest BCUT2D eigenvalue weighted by Crippen LogP contribution is 2.48. The molecule has 0 spiro atoms. The summed E-state index contributed by atoms with van der Waals surface area (Å²) in [6.45, 7) is 17.3. The molecule has 0 amide bonds. The van der Waals surface area contributed by atoms with Gasteiger partial charge in [-0.1, -0.05) is 40.0 Å². The van der Waals surface area contributed by atoms with Gasteiger partial charge in [0, 0.05) is 34.1 Å². The molecular formula is C24H27N3. The van der Waals surface area contributed by atoms with E-state index in [2.05, 4.69) is 62.4 Å². The van der Waals surface area contributed by atoms with Crippen molar-refractivity contribution in [2.45, 2.75) is 34.1 Å². The normalized spacial score (nSPS) is 19.3. The Hall–Kier alpha value is -2.81. The predicted octanol–water partition coefficient (Wildman–Crippen LogP) is 5.37. The molecule has 27 heavy (non-hydrogen) atoms. The number of nitrogens with one attached hydrogen (secondary N) is 1. The van der Waals surface area contributed by atoms with Crippen LogP contribution in [0.3, 0.4) is 0 Å². The molecule has 1 aliphatic heterocycles. The number of nitrogens with two attached hydrogens (primary N) is 1. The van der Waals surface area contributed by atoms with Crippen LogP contribution in [0.1, 0.15) is 38.8 Å². The number of aromatic nitrogens is 1. The summed E-state index contributed by atoms with van der Waals surface area (Å²) in [6, 6.07) is 6.19. The SMILES string of the molecule is C=C(C)C1=CC2=C(NC1=C)c1cc(N)c3ncccc3c1CC2C(C)(C)C. The summed E-state index contributed by atoms with van der Waals surface area (Å²) in [5.74, 6) is 0.377. The van der Waals surface area contributed by atoms with Gasteiger partial charge < -0.3 is 11.1 Å². The molecule has 1 unspecified atom stereocenters. The van der Waals surface area contributed by atoms with E-state index >= 15 is 0 Å². The van der Waals surface area contributed by atoms with E-state index in [1.54, 1.807) is 0 Å². The van der Waals surface area contributed by atoms with E-state index < -0.39 is 0 Å². The van der Waals surface area contributed by atoms with Crippen LogP contribution in [0.25, 0.3) is 16.6 Å². The zero-order valence-electron chi connectivity index (χ0n) is 16.6. The Balaban J connectivity index is 2.06. The van der Waals surface area contributed by atoms with Crippen LogP contribution in [-0.2, 0) is 6.42 Å². The van der Waals surface area contributed by atoms with Gasteiger partial charge in [0.2, 0.25) is 0 Å². The number of allylic oxidation sites excluding steroid dienone is 3. The van der Waals surface area contributed by atoms with Gasteiger partial charge in [-0.05, 0) is 59.6 Å². The third kappa shape index (κ3) is 2.69. The van der Waals surface area contributed by atoms with E-state index in [9.17, 15) is 0 Å². The van der Waals surface area contributed by atoms with Crippen molar-refractivity contribution in [3.8, 4) is 0 Å². The number of anilines is 1. The zero-order chi connectivity index (χ0) is 19.5. The average Bonchev–Trinajstić information content (AvgIpc) is 2.60. The molecule has 138 valence electrons. The quantitative estimate of drug-likeness (QED) is 0.675. The highest BCUT2D eigenvalue weighted by Gasteiger charge is 2.37. The number of hydrogen-bond acceptors (Lipinski definition) is 3. The van der Waals surface area contributed by atoms with Crippen LogP contribution in [0.2, 0.25) is 0 Å². The predicted molar refractivity (Wildman–Crippen MR) is 115 cm³/mol. The Bertz CT molecular complexity index is 1060. The minimum atomic E-state index is 0.116. The van der Waals surface area contributed by atoms with Gasteiger partial charge in [0.1, 0.15) is 0 Å². The molecule has 2 aromatic rings. The van der Waals surface area contributed by atoms with E-state index in [1.807, 2.05) is 19.2 Å². The highest BCUT2D eigenvalue weighted by molar-refractivity contribution is 5.97. The van der Waals surface area contributed by atoms with Gasteiger partial charge in [0.05, 0.1) is 11.2 Å². The smallest absolute Gasteiger partial charge is 0.0934 e. The molecule has 1 aliphatic carbocycles. The summed E-state index contributed by atoms with van der Waals surface area (Å²) in [4.78, 5) is 4.53. The first-order valence-electron chi connectivity index (χ1n) is 9.43. The summed E-state index contributed by atoms with van der Waals surface area (Å²) in [7, 11) is 0. The topological polar surface area (TPSA) is 50.9 Å². The fourth-order valence-corrected chi connectivity index (χ4v) is 4.35. The molecule has 0 radical (unpaired) electrons. The van der Waals surface area contributed by atoms with Crippen LogP contribution in [0.4, 0.5) is 5.69 Å². The molecule has 0 saturated heterocycles. The lowest BCUT2D eigenvalue weighted by Crippen LogP contribution is -2.33. The number of nitrogen functional groups attached to an aromatic ring is 1. The van der Waals surface area contributed by atoms with Crippen molar-refractivity contribution in [3.63, 3.8) is 0 Å². The average molecular weight is 358 g/mol. The lowest BCUT2D eigenvalue weighted by Gasteiger charge is -2.40. The third-order valence-corrected chi connectivity index (χ3v) is 5.78. The Labute approximate surface area is 161 Å². The molecule has 0 fully saturated rings. The van der Waals surface area contributed by atoms with Gasteiger partial charge in [-0.2, -0.15) is 0 Å². The van der Waals surface area contributed by atoms with Gasteiger partial charge in [0.25, 0.3) is 0 Å². The van der Waals surface area contributed by atoms with Gasteiger partial charge in [-0.3, -0.25) is 4.98 Å². The number of nitrogens with zero attached hydrogens (tertiary/aromatic N) is 1. The Morgan fingerprint density at radius 2 is 2.07 bits per heavy atom. The summed E-state index contributed by atoms with van der Waals surface area (Å²) in [6.07, 6.45) is 5.05. The Morgan fingerprint density at radius 3 is 2.74 bits per heavy atom. The largest absolute Gasteiger partial charge is 0.397 e. The number of fused-ring (bicyclic) bond motifs is 4. The van der Waals surface area contributed by atoms with Gasteiger partial charge in [-0.25, -0.2) is 0 Å². The molecular weight excluding hydrogens is 330 g/mol. The standard InChI is InChI=1S/C24H27N3/c1-13(2)16-10-19-20(24(4,5)6)11-17-15-8-7-9-26-23(15)21(25)12-18(17)22(19)27-14(16)3/h7-10,12,20,27H,1,3,11,25H2,2,4-6H3. The van der Waals surface area contributed by atoms with Crippen molar-refractivity contribution < 1.29 is 0 Å². The van der Waals surface area contributed by atoms with Crippen molar-refractivity contribution in [2.75, 3.05) is 5.73 Å². The molecule has 1 aromatic carbocycles. The monoisotopic (exact) mass is 357 g/mol. The molecule has 1 aromatic heterocycles. The van der Waals surface area contributed by atoms with Gasteiger partial charge in [0.15, 0.2) is 0 Å². The van der Waals surface area contributed by atoms with Gasteiger partial charge >= 0.3 is 0 Å². The number of dihydropyridines is 1. The lowest BCUT2D eigenvalue weighted by molar-refractivity contribution is 0.279. The Kier molecular flexibility index (Phi) is 3.81. The third-order valence-electron chi connectivity index (χ3n) is 5.78. The van der Waals surface area contributed by atoms with Crippen molar-refractivity contribution in [3.05, 3.63) is 77.2 Å². The molecule has 3 N–H and O–H groups in total. The fourth-order valence-electron chi connectivity index (χ4n) is 4.35. The Morgan fingerprint density at radius 1 is 1.33 bits per heavy atom. The summed E-state index contributed by atoms with van der Waals surface area (Å²) in [5, 5.41) is 4.73. The molecule has 2 aliphatic rings. The van der Waals surface area contributed by atoms with Crippen LogP contribution < -0.4 is 11.1 Å². The van der Waals surface area contributed by atoms with Crippen molar-refractivity contribution >= 4 is 22.3 Å². The van der Waals surface area contributed by atoms with E-state index in [0.717, 1.165) is 39.9 Å². The molecule has 3 nitrogen and oxygen atoms in total. The first kappa shape index (κ1) is 17.6. The maximum atomic E-state index is 6.37. The van der Waals surface area contributed by atoms with Gasteiger partial charge in [-0.15, -0.1) is 0 Å². The number of benzene rings is 1. The van der Waals surface area contributed by atoms with E-state index in [0.29, 0.717) is 11.6 Å². The lowest BCUT2D eigenvalue weighted by atomic mass is 9.67. The second-order valence-electron chi connectivity index (χ2n) is 8.79. The highest BCUT2D eigenvalue weighted by atomic mass is 14.9. The second-order valence-corrected chi connectivity index (χ2v) is 8.79. The number of rotatable bonds is 1. The van der Waals surface area contributed by atoms with Crippen molar-refractivity contribution in [1.82, 2.24) is 10.3 Å². The first-order chi connectivity index (χ1) is 12.7. The van der Waals surface area contributed by atoms with Crippen molar-refractivity contribution in [2.24, 2.45) is 11.3 Å². The fraction of sp³-hybridized carbons (Fsp3) is 0.292. The summed E-state index contributed by atoms with van der Waals surface area (Å²) < 4.78 is 0. The van der Waals surface area contributed by atoms with Crippen LogP contribution in [-0.4, -0.2) is 4.98 Å². The molecule has 0 saturated carbocycles. The van der Waals surface area contributed by atoms with Crippen LogP contribution >= 0.6 is 0 Å². The molecule has 4 rings (SSSR count). The van der Waals surface area contributed by atoms with Crippen LogP contribution in [0.15, 0.2) is 66.0 Å². The summed E-state index contributed by atoms with van der Waals surface area (Å²) in [5.41, 5.74) is 16.0. The molecule has 0 bridgehead atoms. The maximum Gasteiger partial charge on any atom is 0.0934 e. The molecule has 1 atom stereocenters. The van der Waals surface area contributed by atoms with Crippen molar-refractivity contribution in [1.29, 1.82) is 0 Å². The van der Waals surface area contributed by atoms with E-state index in [-0.39, 0.29) is 5.41 Å². The minimum absolute atomic E-state index is 0.116. The maximum absolute atomic E-state index is 6.37. The van der Waals surface area contributed by atoms with E-state index in [4.69, 9.17) is 5.73 Å². The minimum Gasteiger partial charge on any atom is -0.397 e.